The monoisotopic (exact) mass is 311 g/mol. The third-order valence-corrected chi connectivity index (χ3v) is 4.93. The maximum Gasteiger partial charge on any atom is 0.124 e. The van der Waals surface area contributed by atoms with Crippen LogP contribution in [0.15, 0.2) is 18.2 Å². The second kappa shape index (κ2) is 7.60. The molecule has 0 saturated heterocycles. The fraction of sp³-hybridized carbons (Fsp3) is 0.667. The summed E-state index contributed by atoms with van der Waals surface area (Å²) < 4.78 is 13.3. The summed E-state index contributed by atoms with van der Waals surface area (Å²) in [5.41, 5.74) is 1.05. The Labute approximate surface area is 133 Å². The number of hydrogen-bond donors (Lipinski definition) is 1. The second-order valence-electron chi connectivity index (χ2n) is 6.78. The van der Waals surface area contributed by atoms with Crippen LogP contribution in [0.3, 0.4) is 0 Å². The maximum atomic E-state index is 13.3. The molecule has 1 nitrogen and oxygen atoms in total. The third-order valence-electron chi connectivity index (χ3n) is 4.60. The van der Waals surface area contributed by atoms with Crippen LogP contribution in [-0.4, -0.2) is 6.54 Å². The van der Waals surface area contributed by atoms with E-state index in [0.29, 0.717) is 10.9 Å². The molecule has 1 aromatic rings. The molecule has 3 atom stereocenters. The largest absolute Gasteiger partial charge is 0.310 e. The van der Waals surface area contributed by atoms with Gasteiger partial charge in [0.2, 0.25) is 0 Å². The van der Waals surface area contributed by atoms with Gasteiger partial charge in [0, 0.05) is 11.1 Å². The molecule has 0 radical (unpaired) electrons. The lowest BCUT2D eigenvalue weighted by Crippen LogP contribution is -2.34. The second-order valence-corrected chi connectivity index (χ2v) is 7.18. The highest BCUT2D eigenvalue weighted by Gasteiger charge is 2.31. The number of nitrogens with one attached hydrogen (secondary N) is 1. The summed E-state index contributed by atoms with van der Waals surface area (Å²) in [6.07, 6.45) is 4.85. The Morgan fingerprint density at radius 3 is 2.48 bits per heavy atom. The van der Waals surface area contributed by atoms with Crippen molar-refractivity contribution in [1.82, 2.24) is 5.32 Å². The summed E-state index contributed by atoms with van der Waals surface area (Å²) in [5.74, 6) is 1.83. The zero-order valence-corrected chi connectivity index (χ0v) is 14.1. The molecule has 0 aromatic heterocycles. The van der Waals surface area contributed by atoms with E-state index in [1.807, 2.05) is 6.07 Å². The molecule has 1 N–H and O–H groups in total. The molecule has 21 heavy (non-hydrogen) atoms. The van der Waals surface area contributed by atoms with E-state index in [4.69, 9.17) is 11.6 Å². The van der Waals surface area contributed by atoms with Crippen molar-refractivity contribution < 1.29 is 4.39 Å². The normalized spacial score (nSPS) is 27.6. The molecule has 0 heterocycles. The predicted molar refractivity (Wildman–Crippen MR) is 88.1 cm³/mol. The van der Waals surface area contributed by atoms with Gasteiger partial charge in [-0.05, 0) is 67.7 Å². The third kappa shape index (κ3) is 4.43. The number of benzene rings is 1. The lowest BCUT2D eigenvalue weighted by atomic mass is 9.72. The first-order chi connectivity index (χ1) is 10.0. The molecule has 0 bridgehead atoms. The van der Waals surface area contributed by atoms with Crippen LogP contribution in [0.1, 0.15) is 58.1 Å². The standard InChI is InChI=1S/C18H27ClFN/c1-4-7-21-18(14-9-12(2)8-13(3)10-14)16-6-5-15(20)11-17(16)19/h5-6,11-14,18,21H,4,7-10H2,1-3H3. The van der Waals surface area contributed by atoms with Crippen molar-refractivity contribution in [3.8, 4) is 0 Å². The van der Waals surface area contributed by atoms with Crippen LogP contribution in [0.25, 0.3) is 0 Å². The first kappa shape index (κ1) is 16.8. The average molecular weight is 312 g/mol. The molecule has 3 unspecified atom stereocenters. The van der Waals surface area contributed by atoms with E-state index in [1.165, 1.54) is 31.4 Å². The van der Waals surface area contributed by atoms with E-state index in [1.54, 1.807) is 0 Å². The Balaban J connectivity index is 2.24. The molecule has 1 aliphatic rings. The molecule has 0 amide bonds. The zero-order valence-electron chi connectivity index (χ0n) is 13.3. The van der Waals surface area contributed by atoms with Crippen molar-refractivity contribution in [3.05, 3.63) is 34.6 Å². The Morgan fingerprint density at radius 1 is 1.24 bits per heavy atom. The van der Waals surface area contributed by atoms with E-state index in [0.717, 1.165) is 30.4 Å². The highest BCUT2D eigenvalue weighted by Crippen LogP contribution is 2.41. The van der Waals surface area contributed by atoms with E-state index in [9.17, 15) is 4.39 Å². The van der Waals surface area contributed by atoms with Gasteiger partial charge >= 0.3 is 0 Å². The number of hydrogen-bond acceptors (Lipinski definition) is 1. The summed E-state index contributed by atoms with van der Waals surface area (Å²) in [5, 5.41) is 4.20. The maximum absolute atomic E-state index is 13.3. The molecule has 0 aliphatic heterocycles. The smallest absolute Gasteiger partial charge is 0.124 e. The molecule has 2 rings (SSSR count). The first-order valence-electron chi connectivity index (χ1n) is 8.19. The SMILES string of the molecule is CCCNC(c1ccc(F)cc1Cl)C1CC(C)CC(C)C1. The minimum Gasteiger partial charge on any atom is -0.310 e. The molecular weight excluding hydrogens is 285 g/mol. The van der Waals surface area contributed by atoms with Crippen LogP contribution in [0, 0.1) is 23.6 Å². The van der Waals surface area contributed by atoms with Crippen molar-refractivity contribution in [2.75, 3.05) is 6.54 Å². The summed E-state index contributed by atoms with van der Waals surface area (Å²) in [7, 11) is 0. The Bertz CT molecular complexity index is 453. The van der Waals surface area contributed by atoms with Gasteiger partial charge in [-0.1, -0.05) is 38.4 Å². The van der Waals surface area contributed by atoms with Gasteiger partial charge in [-0.25, -0.2) is 4.39 Å². The fourth-order valence-electron chi connectivity index (χ4n) is 3.87. The van der Waals surface area contributed by atoms with Gasteiger partial charge in [0.1, 0.15) is 5.82 Å². The summed E-state index contributed by atoms with van der Waals surface area (Å²) in [4.78, 5) is 0. The molecule has 1 saturated carbocycles. The van der Waals surface area contributed by atoms with Crippen molar-refractivity contribution in [1.29, 1.82) is 0 Å². The van der Waals surface area contributed by atoms with E-state index in [2.05, 4.69) is 26.1 Å². The number of rotatable bonds is 5. The van der Waals surface area contributed by atoms with Gasteiger partial charge in [-0.3, -0.25) is 0 Å². The van der Waals surface area contributed by atoms with Gasteiger partial charge in [-0.15, -0.1) is 0 Å². The minimum atomic E-state index is -0.261. The van der Waals surface area contributed by atoms with E-state index in [-0.39, 0.29) is 11.9 Å². The molecule has 1 fully saturated rings. The van der Waals surface area contributed by atoms with Gasteiger partial charge in [0.15, 0.2) is 0 Å². The molecule has 3 heteroatoms. The quantitative estimate of drug-likeness (QED) is 0.747. The summed E-state index contributed by atoms with van der Waals surface area (Å²) in [6, 6.07) is 5.06. The van der Waals surface area contributed by atoms with E-state index >= 15 is 0 Å². The van der Waals surface area contributed by atoms with Crippen LogP contribution < -0.4 is 5.32 Å². The highest BCUT2D eigenvalue weighted by molar-refractivity contribution is 6.31. The Hall–Kier alpha value is -0.600. The van der Waals surface area contributed by atoms with Gasteiger partial charge in [0.25, 0.3) is 0 Å². The van der Waals surface area contributed by atoms with Gasteiger partial charge < -0.3 is 5.32 Å². The number of halogens is 2. The average Bonchev–Trinajstić information content (AvgIpc) is 2.40. The fourth-order valence-corrected chi connectivity index (χ4v) is 4.15. The van der Waals surface area contributed by atoms with Crippen LogP contribution >= 0.6 is 11.6 Å². The lowest BCUT2D eigenvalue weighted by Gasteiger charge is -2.37. The molecule has 0 spiro atoms. The predicted octanol–water partition coefficient (Wildman–Crippen LogP) is 5.59. The van der Waals surface area contributed by atoms with Crippen LogP contribution in [-0.2, 0) is 0 Å². The topological polar surface area (TPSA) is 12.0 Å². The Kier molecular flexibility index (Phi) is 6.07. The molecule has 1 aromatic carbocycles. The van der Waals surface area contributed by atoms with Gasteiger partial charge in [-0.2, -0.15) is 0 Å². The van der Waals surface area contributed by atoms with Crippen molar-refractivity contribution in [2.24, 2.45) is 17.8 Å². The molecule has 118 valence electrons. The Morgan fingerprint density at radius 2 is 1.90 bits per heavy atom. The van der Waals surface area contributed by atoms with Crippen LogP contribution in [0.2, 0.25) is 5.02 Å². The van der Waals surface area contributed by atoms with Crippen LogP contribution in [0.5, 0.6) is 0 Å². The summed E-state index contributed by atoms with van der Waals surface area (Å²) >= 11 is 6.32. The summed E-state index contributed by atoms with van der Waals surface area (Å²) in [6.45, 7) is 7.82. The minimum absolute atomic E-state index is 0.239. The van der Waals surface area contributed by atoms with Crippen molar-refractivity contribution in [2.45, 2.75) is 52.5 Å². The van der Waals surface area contributed by atoms with E-state index < -0.39 is 0 Å². The lowest BCUT2D eigenvalue weighted by molar-refractivity contribution is 0.176. The van der Waals surface area contributed by atoms with Gasteiger partial charge in [0.05, 0.1) is 0 Å². The molecular formula is C18H27ClFN. The van der Waals surface area contributed by atoms with Crippen LogP contribution in [0.4, 0.5) is 4.39 Å². The molecule has 1 aliphatic carbocycles. The van der Waals surface area contributed by atoms with Crippen molar-refractivity contribution in [3.63, 3.8) is 0 Å². The van der Waals surface area contributed by atoms with Crippen molar-refractivity contribution >= 4 is 11.6 Å². The first-order valence-corrected chi connectivity index (χ1v) is 8.57. The zero-order chi connectivity index (χ0) is 15.4. The highest BCUT2D eigenvalue weighted by atomic mass is 35.5.